The summed E-state index contributed by atoms with van der Waals surface area (Å²) in [7, 11) is 0.248. The molecule has 180 valence electrons. The number of amides is 1. The first-order chi connectivity index (χ1) is 16.3. The summed E-state index contributed by atoms with van der Waals surface area (Å²) in [6.07, 6.45) is 0.589. The molecular formula is C24H25ClN2O6S. The summed E-state index contributed by atoms with van der Waals surface area (Å²) in [6.45, 7) is 0.351. The first-order valence-corrected chi connectivity index (χ1v) is 12.1. The Bertz CT molecular complexity index is 1260. The van der Waals surface area contributed by atoms with E-state index in [2.05, 4.69) is 10.0 Å². The fourth-order valence-electron chi connectivity index (χ4n) is 3.20. The summed E-state index contributed by atoms with van der Waals surface area (Å²) >= 11 is 6.09. The third-order valence-corrected chi connectivity index (χ3v) is 6.61. The number of rotatable bonds is 10. The lowest BCUT2D eigenvalue weighted by atomic mass is 10.1. The first-order valence-electron chi connectivity index (χ1n) is 10.2. The predicted molar refractivity (Wildman–Crippen MR) is 131 cm³/mol. The maximum Gasteiger partial charge on any atom is 0.265 e. The molecule has 0 bridgehead atoms. The number of halogens is 1. The molecule has 0 aliphatic rings. The molecular weight excluding hydrogens is 480 g/mol. The molecule has 2 N–H and O–H groups in total. The van der Waals surface area contributed by atoms with Crippen LogP contribution in [0, 0.1) is 0 Å². The van der Waals surface area contributed by atoms with Gasteiger partial charge in [-0.15, -0.1) is 0 Å². The van der Waals surface area contributed by atoms with Gasteiger partial charge in [-0.25, -0.2) is 8.42 Å². The van der Waals surface area contributed by atoms with E-state index in [0.29, 0.717) is 18.7 Å². The standard InChI is InChI=1S/C24H25ClN2O6S/c1-31-18-7-4-16(5-8-18)12-13-26-24(28)20-10-6-17(25)14-21(20)27-34(29,30)23-15-19(32-2)9-11-22(23)33-3/h4-11,14-15,27H,12-13H2,1-3H3,(H,26,28). The topological polar surface area (TPSA) is 103 Å². The molecule has 8 nitrogen and oxygen atoms in total. The molecule has 0 saturated heterocycles. The molecule has 1 amide bonds. The van der Waals surface area contributed by atoms with Crippen molar-refractivity contribution in [3.8, 4) is 17.2 Å². The van der Waals surface area contributed by atoms with E-state index in [1.807, 2.05) is 24.3 Å². The molecule has 0 aliphatic heterocycles. The minimum atomic E-state index is -4.14. The molecule has 0 aliphatic carbocycles. The van der Waals surface area contributed by atoms with E-state index in [-0.39, 0.29) is 26.9 Å². The number of anilines is 1. The molecule has 3 aromatic carbocycles. The van der Waals surface area contributed by atoms with Gasteiger partial charge in [0.05, 0.1) is 32.6 Å². The van der Waals surface area contributed by atoms with E-state index in [1.54, 1.807) is 13.2 Å². The lowest BCUT2D eigenvalue weighted by Gasteiger charge is -2.15. The van der Waals surface area contributed by atoms with Gasteiger partial charge in [0.2, 0.25) is 0 Å². The SMILES string of the molecule is COc1ccc(CCNC(=O)c2ccc(Cl)cc2NS(=O)(=O)c2cc(OC)ccc2OC)cc1. The largest absolute Gasteiger partial charge is 0.497 e. The third-order valence-electron chi connectivity index (χ3n) is 4.99. The Morgan fingerprint density at radius 2 is 1.56 bits per heavy atom. The van der Waals surface area contributed by atoms with E-state index >= 15 is 0 Å². The van der Waals surface area contributed by atoms with E-state index in [9.17, 15) is 13.2 Å². The number of methoxy groups -OCH3 is 3. The second-order valence-corrected chi connectivity index (χ2v) is 9.25. The van der Waals surface area contributed by atoms with Crippen LogP contribution in [0.1, 0.15) is 15.9 Å². The van der Waals surface area contributed by atoms with Crippen LogP contribution in [-0.4, -0.2) is 42.2 Å². The second kappa shape index (κ2) is 11.1. The van der Waals surface area contributed by atoms with Gasteiger partial charge < -0.3 is 19.5 Å². The summed E-state index contributed by atoms with van der Waals surface area (Å²) in [5.74, 6) is 0.767. The zero-order valence-electron chi connectivity index (χ0n) is 18.9. The summed E-state index contributed by atoms with van der Waals surface area (Å²) < 4.78 is 44.2. The number of ether oxygens (including phenoxy) is 3. The number of benzene rings is 3. The Balaban J connectivity index is 1.79. The highest BCUT2D eigenvalue weighted by Crippen LogP contribution is 2.31. The van der Waals surface area contributed by atoms with E-state index in [4.69, 9.17) is 25.8 Å². The Kier molecular flexibility index (Phi) is 8.25. The number of hydrogen-bond donors (Lipinski definition) is 2. The van der Waals surface area contributed by atoms with Crippen LogP contribution in [0.3, 0.4) is 0 Å². The summed E-state index contributed by atoms with van der Waals surface area (Å²) in [4.78, 5) is 12.7. The van der Waals surface area contributed by atoms with Crippen LogP contribution in [0.15, 0.2) is 65.6 Å². The van der Waals surface area contributed by atoms with Gasteiger partial charge in [-0.2, -0.15) is 0 Å². The zero-order valence-corrected chi connectivity index (χ0v) is 20.5. The average Bonchev–Trinajstić information content (AvgIpc) is 2.83. The molecule has 0 heterocycles. The van der Waals surface area contributed by atoms with Crippen molar-refractivity contribution >= 4 is 33.2 Å². The second-order valence-electron chi connectivity index (χ2n) is 7.17. The van der Waals surface area contributed by atoms with Gasteiger partial charge >= 0.3 is 0 Å². The predicted octanol–water partition coefficient (Wildman–Crippen LogP) is 4.14. The lowest BCUT2D eigenvalue weighted by Crippen LogP contribution is -2.27. The van der Waals surface area contributed by atoms with Gasteiger partial charge in [-0.1, -0.05) is 23.7 Å². The van der Waals surface area contributed by atoms with Crippen molar-refractivity contribution in [2.45, 2.75) is 11.3 Å². The van der Waals surface area contributed by atoms with E-state index in [0.717, 1.165) is 11.3 Å². The van der Waals surface area contributed by atoms with Crippen molar-refractivity contribution in [1.29, 1.82) is 0 Å². The molecule has 34 heavy (non-hydrogen) atoms. The molecule has 0 radical (unpaired) electrons. The monoisotopic (exact) mass is 504 g/mol. The van der Waals surface area contributed by atoms with E-state index < -0.39 is 15.9 Å². The molecule has 0 spiro atoms. The number of hydrogen-bond acceptors (Lipinski definition) is 6. The molecule has 0 atom stereocenters. The fourth-order valence-corrected chi connectivity index (χ4v) is 4.63. The van der Waals surface area contributed by atoms with Crippen LogP contribution in [0.25, 0.3) is 0 Å². The van der Waals surface area contributed by atoms with Gasteiger partial charge in [-0.3, -0.25) is 9.52 Å². The van der Waals surface area contributed by atoms with Crippen molar-refractivity contribution in [2.24, 2.45) is 0 Å². The first kappa shape index (κ1) is 25.2. The van der Waals surface area contributed by atoms with Crippen LogP contribution >= 0.6 is 11.6 Å². The van der Waals surface area contributed by atoms with Gasteiger partial charge in [0.25, 0.3) is 15.9 Å². The minimum absolute atomic E-state index is 0.0410. The van der Waals surface area contributed by atoms with Gasteiger partial charge in [0.1, 0.15) is 22.1 Å². The van der Waals surface area contributed by atoms with Crippen molar-refractivity contribution < 1.29 is 27.4 Å². The smallest absolute Gasteiger partial charge is 0.265 e. The number of sulfonamides is 1. The van der Waals surface area contributed by atoms with Crippen molar-refractivity contribution in [1.82, 2.24) is 5.32 Å². The lowest BCUT2D eigenvalue weighted by molar-refractivity contribution is 0.0955. The highest BCUT2D eigenvalue weighted by Gasteiger charge is 2.23. The molecule has 10 heteroatoms. The number of carbonyl (C=O) groups excluding carboxylic acids is 1. The normalized spacial score (nSPS) is 10.9. The van der Waals surface area contributed by atoms with Crippen LogP contribution in [0.4, 0.5) is 5.69 Å². The fraction of sp³-hybridized carbons (Fsp3) is 0.208. The Morgan fingerprint density at radius 3 is 2.21 bits per heavy atom. The molecule has 0 unspecified atom stereocenters. The molecule has 0 fully saturated rings. The highest BCUT2D eigenvalue weighted by atomic mass is 35.5. The molecule has 0 aromatic heterocycles. The zero-order chi connectivity index (χ0) is 24.7. The summed E-state index contributed by atoms with van der Waals surface area (Å²) in [5, 5.41) is 3.08. The maximum atomic E-state index is 13.2. The van der Waals surface area contributed by atoms with Crippen LogP contribution in [0.5, 0.6) is 17.2 Å². The number of carbonyl (C=O) groups is 1. The summed E-state index contributed by atoms with van der Waals surface area (Å²) in [6, 6.07) is 16.3. The van der Waals surface area contributed by atoms with E-state index in [1.165, 1.54) is 44.6 Å². The Labute approximate surface area is 203 Å². The quantitative estimate of drug-likeness (QED) is 0.430. The molecule has 3 aromatic rings. The molecule has 3 rings (SSSR count). The van der Waals surface area contributed by atoms with Crippen LogP contribution < -0.4 is 24.2 Å². The van der Waals surface area contributed by atoms with Crippen molar-refractivity contribution in [3.63, 3.8) is 0 Å². The van der Waals surface area contributed by atoms with Gasteiger partial charge in [0, 0.05) is 17.6 Å². The Morgan fingerprint density at radius 1 is 0.882 bits per heavy atom. The molecule has 0 saturated carbocycles. The van der Waals surface area contributed by atoms with Crippen LogP contribution in [-0.2, 0) is 16.4 Å². The summed E-state index contributed by atoms with van der Waals surface area (Å²) in [5.41, 5.74) is 1.19. The highest BCUT2D eigenvalue weighted by molar-refractivity contribution is 7.92. The minimum Gasteiger partial charge on any atom is -0.497 e. The Hall–Kier alpha value is -3.43. The maximum absolute atomic E-state index is 13.2. The number of nitrogens with one attached hydrogen (secondary N) is 2. The average molecular weight is 505 g/mol. The van der Waals surface area contributed by atoms with Crippen molar-refractivity contribution in [2.75, 3.05) is 32.6 Å². The third kappa shape index (κ3) is 6.12. The van der Waals surface area contributed by atoms with Gasteiger partial charge in [-0.05, 0) is 54.4 Å². The van der Waals surface area contributed by atoms with Gasteiger partial charge in [0.15, 0.2) is 0 Å². The van der Waals surface area contributed by atoms with Crippen LogP contribution in [0.2, 0.25) is 5.02 Å². The van der Waals surface area contributed by atoms with Crippen molar-refractivity contribution in [3.05, 3.63) is 76.8 Å².